The molecule has 2 N–H and O–H groups in total. The number of anilines is 2. The first-order valence-electron chi connectivity index (χ1n) is 9.68. The number of amides is 2. The molecule has 1 aliphatic rings. The smallest absolute Gasteiger partial charge is 0.409 e. The van der Waals surface area contributed by atoms with E-state index in [1.807, 2.05) is 18.2 Å². The molecule has 2 aromatic rings. The molecule has 2 amide bonds. The summed E-state index contributed by atoms with van der Waals surface area (Å²) in [6.07, 6.45) is 2.97. The van der Waals surface area contributed by atoms with Crippen LogP contribution in [-0.2, 0) is 4.74 Å². The molecule has 1 fully saturated rings. The van der Waals surface area contributed by atoms with Gasteiger partial charge in [-0.2, -0.15) is 0 Å². The second-order valence-corrected chi connectivity index (χ2v) is 6.72. The van der Waals surface area contributed by atoms with Crippen molar-refractivity contribution in [3.8, 4) is 5.75 Å². The number of aromatic nitrogens is 1. The number of ether oxygens (including phenoxy) is 2. The zero-order valence-electron chi connectivity index (χ0n) is 16.7. The van der Waals surface area contributed by atoms with E-state index >= 15 is 0 Å². The molecular formula is C21H26N4O4. The van der Waals surface area contributed by atoms with Crippen molar-refractivity contribution in [2.24, 2.45) is 0 Å². The van der Waals surface area contributed by atoms with Gasteiger partial charge in [0.2, 0.25) is 0 Å². The summed E-state index contributed by atoms with van der Waals surface area (Å²) in [6, 6.07) is 10.9. The molecule has 154 valence electrons. The highest BCUT2D eigenvalue weighted by molar-refractivity contribution is 6.03. The van der Waals surface area contributed by atoms with Crippen molar-refractivity contribution in [1.29, 1.82) is 0 Å². The molecule has 1 aromatic carbocycles. The van der Waals surface area contributed by atoms with Crippen molar-refractivity contribution in [3.63, 3.8) is 0 Å². The van der Waals surface area contributed by atoms with E-state index in [-0.39, 0.29) is 18.0 Å². The van der Waals surface area contributed by atoms with E-state index < -0.39 is 0 Å². The molecular weight excluding hydrogens is 372 g/mol. The van der Waals surface area contributed by atoms with E-state index in [0.29, 0.717) is 36.8 Å². The Hall–Kier alpha value is -3.29. The largest absolute Gasteiger partial charge is 0.497 e. The number of rotatable bonds is 6. The number of nitrogens with one attached hydrogen (secondary N) is 2. The molecule has 1 saturated heterocycles. The van der Waals surface area contributed by atoms with Crippen LogP contribution >= 0.6 is 0 Å². The monoisotopic (exact) mass is 398 g/mol. The van der Waals surface area contributed by atoms with Crippen LogP contribution in [-0.4, -0.2) is 54.7 Å². The van der Waals surface area contributed by atoms with E-state index in [9.17, 15) is 9.59 Å². The molecule has 29 heavy (non-hydrogen) atoms. The van der Waals surface area contributed by atoms with E-state index in [4.69, 9.17) is 9.47 Å². The minimum Gasteiger partial charge on any atom is -0.497 e. The van der Waals surface area contributed by atoms with Gasteiger partial charge in [0.25, 0.3) is 5.91 Å². The van der Waals surface area contributed by atoms with Gasteiger partial charge in [-0.3, -0.25) is 9.78 Å². The summed E-state index contributed by atoms with van der Waals surface area (Å²) in [5.74, 6) is 0.374. The Morgan fingerprint density at radius 1 is 1.17 bits per heavy atom. The van der Waals surface area contributed by atoms with Crippen LogP contribution in [0.4, 0.5) is 16.2 Å². The Morgan fingerprint density at radius 2 is 1.97 bits per heavy atom. The molecule has 8 heteroatoms. The van der Waals surface area contributed by atoms with Crippen molar-refractivity contribution in [3.05, 3.63) is 48.3 Å². The molecule has 0 atom stereocenters. The maximum Gasteiger partial charge on any atom is 0.409 e. The molecule has 0 unspecified atom stereocenters. The number of likely N-dealkylation sites (tertiary alicyclic amines) is 1. The number of carbonyl (C=O) groups excluding carboxylic acids is 2. The first-order chi connectivity index (χ1) is 14.1. The highest BCUT2D eigenvalue weighted by Crippen LogP contribution is 2.20. The lowest BCUT2D eigenvalue weighted by molar-refractivity contribution is 0.0981. The fourth-order valence-corrected chi connectivity index (χ4v) is 3.20. The van der Waals surface area contributed by atoms with Crippen LogP contribution < -0.4 is 15.4 Å². The molecule has 0 bridgehead atoms. The van der Waals surface area contributed by atoms with Crippen LogP contribution in [0.25, 0.3) is 0 Å². The predicted octanol–water partition coefficient (Wildman–Crippen LogP) is 3.38. The van der Waals surface area contributed by atoms with E-state index in [0.717, 1.165) is 18.5 Å². The van der Waals surface area contributed by atoms with Gasteiger partial charge in [0.1, 0.15) is 11.4 Å². The molecule has 0 saturated carbocycles. The van der Waals surface area contributed by atoms with Gasteiger partial charge < -0.3 is 25.0 Å². The Morgan fingerprint density at radius 3 is 2.69 bits per heavy atom. The highest BCUT2D eigenvalue weighted by atomic mass is 16.6. The third-order valence-corrected chi connectivity index (χ3v) is 4.71. The summed E-state index contributed by atoms with van der Waals surface area (Å²) in [7, 11) is 1.58. The molecule has 2 heterocycles. The summed E-state index contributed by atoms with van der Waals surface area (Å²) in [5, 5.41) is 6.26. The van der Waals surface area contributed by atoms with Crippen molar-refractivity contribution in [2.75, 3.05) is 37.4 Å². The number of hydrogen-bond acceptors (Lipinski definition) is 6. The van der Waals surface area contributed by atoms with Gasteiger partial charge in [0.15, 0.2) is 0 Å². The Kier molecular flexibility index (Phi) is 6.89. The molecule has 0 aliphatic carbocycles. The topological polar surface area (TPSA) is 92.8 Å². The lowest BCUT2D eigenvalue weighted by Crippen LogP contribution is -2.42. The molecule has 0 spiro atoms. The van der Waals surface area contributed by atoms with Crippen molar-refractivity contribution in [2.45, 2.75) is 25.8 Å². The summed E-state index contributed by atoms with van der Waals surface area (Å²) < 4.78 is 10.2. The first kappa shape index (κ1) is 20.4. The van der Waals surface area contributed by atoms with Crippen LogP contribution in [0.5, 0.6) is 5.75 Å². The fraction of sp³-hybridized carbons (Fsp3) is 0.381. The number of benzene rings is 1. The van der Waals surface area contributed by atoms with Gasteiger partial charge in [-0.1, -0.05) is 6.07 Å². The summed E-state index contributed by atoms with van der Waals surface area (Å²) in [6.45, 7) is 3.47. The average Bonchev–Trinajstić information content (AvgIpc) is 2.75. The van der Waals surface area contributed by atoms with Crippen LogP contribution in [0.3, 0.4) is 0 Å². The fourth-order valence-electron chi connectivity index (χ4n) is 3.20. The number of nitrogens with zero attached hydrogens (tertiary/aromatic N) is 2. The Labute approximate surface area is 170 Å². The lowest BCUT2D eigenvalue weighted by atomic mass is 10.1. The van der Waals surface area contributed by atoms with Crippen LogP contribution in [0.1, 0.15) is 30.3 Å². The number of piperidine rings is 1. The van der Waals surface area contributed by atoms with Crippen LogP contribution in [0.15, 0.2) is 42.6 Å². The molecule has 1 aliphatic heterocycles. The quantitative estimate of drug-likeness (QED) is 0.775. The van der Waals surface area contributed by atoms with Gasteiger partial charge >= 0.3 is 6.09 Å². The first-order valence-corrected chi connectivity index (χ1v) is 9.68. The number of methoxy groups -OCH3 is 1. The van der Waals surface area contributed by atoms with Gasteiger partial charge in [0.05, 0.1) is 13.7 Å². The number of carbonyl (C=O) groups is 2. The third-order valence-electron chi connectivity index (χ3n) is 4.71. The minimum absolute atomic E-state index is 0.220. The maximum atomic E-state index is 12.5. The SMILES string of the molecule is CCOC(=O)N1CCC(Nc2ccnc(C(=O)Nc3cccc(OC)c3)c2)CC1. The van der Waals surface area contributed by atoms with Gasteiger partial charge in [-0.05, 0) is 44.0 Å². The predicted molar refractivity (Wildman–Crippen MR) is 110 cm³/mol. The normalized spacial score (nSPS) is 14.2. The molecule has 8 nitrogen and oxygen atoms in total. The molecule has 3 rings (SSSR count). The van der Waals surface area contributed by atoms with Crippen LogP contribution in [0, 0.1) is 0 Å². The van der Waals surface area contributed by atoms with Gasteiger partial charge in [-0.15, -0.1) is 0 Å². The maximum absolute atomic E-state index is 12.5. The summed E-state index contributed by atoms with van der Waals surface area (Å²) in [5.41, 5.74) is 1.79. The standard InChI is InChI=1S/C21H26N4O4/c1-3-29-21(27)25-11-8-15(9-12-25)23-17-7-10-22-19(14-17)20(26)24-16-5-4-6-18(13-16)28-2/h4-7,10,13-15H,3,8-9,11-12H2,1-2H3,(H,22,23)(H,24,26). The van der Waals surface area contributed by atoms with Gasteiger partial charge in [-0.25, -0.2) is 4.79 Å². The van der Waals surface area contributed by atoms with Crippen molar-refractivity contribution < 1.29 is 19.1 Å². The highest BCUT2D eigenvalue weighted by Gasteiger charge is 2.23. The lowest BCUT2D eigenvalue weighted by Gasteiger charge is -2.32. The second-order valence-electron chi connectivity index (χ2n) is 6.72. The average molecular weight is 398 g/mol. The Balaban J connectivity index is 1.57. The van der Waals surface area contributed by atoms with E-state index in [1.54, 1.807) is 43.3 Å². The third kappa shape index (κ3) is 5.60. The minimum atomic E-state index is -0.293. The van der Waals surface area contributed by atoms with Crippen LogP contribution in [0.2, 0.25) is 0 Å². The number of hydrogen-bond donors (Lipinski definition) is 2. The van der Waals surface area contributed by atoms with Crippen molar-refractivity contribution in [1.82, 2.24) is 9.88 Å². The second kappa shape index (κ2) is 9.77. The Bertz CT molecular complexity index is 850. The van der Waals surface area contributed by atoms with E-state index in [1.165, 1.54) is 0 Å². The summed E-state index contributed by atoms with van der Waals surface area (Å²) in [4.78, 5) is 30.2. The summed E-state index contributed by atoms with van der Waals surface area (Å²) >= 11 is 0. The van der Waals surface area contributed by atoms with Crippen molar-refractivity contribution >= 4 is 23.4 Å². The van der Waals surface area contributed by atoms with Gasteiger partial charge in [0, 0.05) is 42.8 Å². The molecule has 1 aromatic heterocycles. The van der Waals surface area contributed by atoms with E-state index in [2.05, 4.69) is 15.6 Å². The number of pyridine rings is 1. The zero-order chi connectivity index (χ0) is 20.6. The zero-order valence-corrected chi connectivity index (χ0v) is 16.7. The molecule has 0 radical (unpaired) electrons.